The third-order valence-electron chi connectivity index (χ3n) is 16.1. The number of likely N-dealkylation sites (tertiary alicyclic amines) is 3. The van der Waals surface area contributed by atoms with Gasteiger partial charge in [-0.3, -0.25) is 19.3 Å². The molecule has 4 atom stereocenters. The van der Waals surface area contributed by atoms with Gasteiger partial charge >= 0.3 is 0 Å². The molecule has 11 rings (SSSR count). The van der Waals surface area contributed by atoms with Gasteiger partial charge in [0, 0.05) is 98.8 Å². The van der Waals surface area contributed by atoms with Crippen molar-refractivity contribution < 1.29 is 33.7 Å². The zero-order chi connectivity index (χ0) is 53.0. The van der Waals surface area contributed by atoms with E-state index in [-0.39, 0.29) is 50.2 Å². The van der Waals surface area contributed by atoms with E-state index in [1.54, 1.807) is 44.2 Å². The topological polar surface area (TPSA) is 218 Å². The van der Waals surface area contributed by atoms with E-state index in [9.17, 15) is 29.0 Å². The molecule has 0 spiro atoms. The van der Waals surface area contributed by atoms with Crippen LogP contribution in [-0.2, 0) is 27.3 Å². The second-order valence-electron chi connectivity index (χ2n) is 22.5. The number of phenolic OH excluding ortho intramolecular Hbond substituents is 1. The third-order valence-corrected chi connectivity index (χ3v) is 17.1. The lowest BCUT2D eigenvalue weighted by atomic mass is 9.85. The van der Waals surface area contributed by atoms with Crippen molar-refractivity contribution in [3.05, 3.63) is 94.5 Å². The summed E-state index contributed by atoms with van der Waals surface area (Å²) in [6.45, 7) is 15.7. The minimum Gasteiger partial charge on any atom is -0.507 e. The summed E-state index contributed by atoms with van der Waals surface area (Å²) in [5.41, 5.74) is 7.22. The van der Waals surface area contributed by atoms with Crippen molar-refractivity contribution in [1.29, 1.82) is 0 Å². The number of carbonyl (C=O) groups is 3. The number of fused-ring (bicyclic) bond motifs is 3. The van der Waals surface area contributed by atoms with Gasteiger partial charge in [-0.05, 0) is 99.3 Å². The number of aromatic amines is 1. The van der Waals surface area contributed by atoms with E-state index in [2.05, 4.69) is 52.4 Å². The summed E-state index contributed by atoms with van der Waals surface area (Å²) < 4.78 is 21.4. The first-order valence-corrected chi connectivity index (χ1v) is 27.5. The monoisotopic (exact) mass is 1050 g/mol. The lowest BCUT2D eigenvalue weighted by Crippen LogP contribution is -2.59. The minimum absolute atomic E-state index is 0.00703. The molecule has 3 saturated heterocycles. The van der Waals surface area contributed by atoms with Gasteiger partial charge < -0.3 is 45.3 Å². The number of rotatable bonds is 15. The minimum atomic E-state index is -1.97. The molecule has 76 heavy (non-hydrogen) atoms. The zero-order valence-corrected chi connectivity index (χ0v) is 44.6. The summed E-state index contributed by atoms with van der Waals surface area (Å²) in [7, 11) is 0. The number of aromatic nitrogens is 6. The van der Waals surface area contributed by atoms with Crippen molar-refractivity contribution in [2.75, 3.05) is 57.3 Å². The Kier molecular flexibility index (Phi) is 14.0. The van der Waals surface area contributed by atoms with E-state index in [0.29, 0.717) is 28.9 Å². The van der Waals surface area contributed by atoms with Crippen LogP contribution in [0.5, 0.6) is 11.5 Å². The van der Waals surface area contributed by atoms with E-state index in [0.717, 1.165) is 109 Å². The van der Waals surface area contributed by atoms with Crippen LogP contribution in [0.3, 0.4) is 0 Å². The maximum Gasteiger partial charge on any atom is 0.258 e. The lowest BCUT2D eigenvalue weighted by Gasteiger charge is -2.41. The van der Waals surface area contributed by atoms with Crippen molar-refractivity contribution in [3.63, 3.8) is 0 Å². The number of ether oxygens (including phenoxy) is 1. The Hall–Kier alpha value is -6.61. The van der Waals surface area contributed by atoms with Crippen LogP contribution >= 0.6 is 11.3 Å². The Labute approximate surface area is 445 Å². The molecule has 4 aromatic heterocycles. The largest absolute Gasteiger partial charge is 0.507 e. The second-order valence-corrected chi connectivity index (χ2v) is 23.4. The highest BCUT2D eigenvalue weighted by atomic mass is 32.1. The average molecular weight is 1060 g/mol. The Morgan fingerprint density at radius 1 is 0.974 bits per heavy atom. The number of thiazole rings is 1. The third kappa shape index (κ3) is 10.5. The molecule has 20 heteroatoms. The summed E-state index contributed by atoms with van der Waals surface area (Å²) >= 11 is 1.56. The number of hydrogen-bond donors (Lipinski definition) is 5. The summed E-state index contributed by atoms with van der Waals surface area (Å²) in [6.07, 6.45) is 6.19. The van der Waals surface area contributed by atoms with Crippen LogP contribution in [-0.4, -0.2) is 155 Å². The van der Waals surface area contributed by atoms with E-state index in [1.165, 1.54) is 10.5 Å². The number of anilines is 1. The molecule has 6 aromatic rings. The first-order chi connectivity index (χ1) is 36.5. The highest BCUT2D eigenvalue weighted by Crippen LogP contribution is 2.42. The van der Waals surface area contributed by atoms with Crippen LogP contribution in [0.15, 0.2) is 66.4 Å². The molecule has 4 aliphatic heterocycles. The number of nitrogens with zero attached hydrogens (tertiary/aromatic N) is 9. The Balaban J connectivity index is 0.668. The van der Waals surface area contributed by atoms with E-state index < -0.39 is 47.0 Å². The number of β-amino-alcohol motifs (C(OH)–C–C–N with tert-alkyl or cyclic N) is 1. The molecule has 0 bridgehead atoms. The van der Waals surface area contributed by atoms with Gasteiger partial charge in [-0.1, -0.05) is 45.0 Å². The summed E-state index contributed by atoms with van der Waals surface area (Å²) in [5.74, 6) is 0.160. The van der Waals surface area contributed by atoms with Gasteiger partial charge in [-0.25, -0.2) is 19.3 Å². The Morgan fingerprint density at radius 2 is 1.72 bits per heavy atom. The Morgan fingerprint density at radius 3 is 2.43 bits per heavy atom. The molecule has 5 aliphatic rings. The second kappa shape index (κ2) is 20.7. The number of H-pyrrole nitrogens is 1. The zero-order valence-electron chi connectivity index (χ0n) is 43.8. The van der Waals surface area contributed by atoms with Crippen molar-refractivity contribution in [3.8, 4) is 33.2 Å². The predicted molar refractivity (Wildman–Crippen MR) is 286 cm³/mol. The molecule has 3 amide bonds. The fraction of sp³-hybridized carbons (Fsp3) is 0.500. The van der Waals surface area contributed by atoms with Gasteiger partial charge in [0.1, 0.15) is 29.7 Å². The van der Waals surface area contributed by atoms with Crippen molar-refractivity contribution in [1.82, 2.24) is 55.5 Å². The van der Waals surface area contributed by atoms with Crippen molar-refractivity contribution in [2.24, 2.45) is 5.41 Å². The molecule has 400 valence electrons. The first-order valence-electron chi connectivity index (χ1n) is 26.7. The number of carbonyl (C=O) groups excluding carboxylic acids is 3. The quantitative estimate of drug-likeness (QED) is 0.0771. The van der Waals surface area contributed by atoms with E-state index in [1.807, 2.05) is 61.2 Å². The highest BCUT2D eigenvalue weighted by molar-refractivity contribution is 7.13. The van der Waals surface area contributed by atoms with Crippen LogP contribution < -0.4 is 20.3 Å². The number of amides is 3. The van der Waals surface area contributed by atoms with Gasteiger partial charge in [-0.2, -0.15) is 0 Å². The number of aromatic hydroxyl groups is 1. The molecular formula is C56H67FN12O6S. The van der Waals surface area contributed by atoms with Gasteiger partial charge in [-0.15, -0.1) is 21.5 Å². The molecule has 5 N–H and O–H groups in total. The molecule has 1 unspecified atom stereocenters. The first kappa shape index (κ1) is 51.5. The molecule has 4 fully saturated rings. The molecule has 0 radical (unpaired) electrons. The van der Waals surface area contributed by atoms with Crippen LogP contribution in [0, 0.1) is 12.3 Å². The number of halogens is 1. The van der Waals surface area contributed by atoms with Gasteiger partial charge in [0.05, 0.1) is 33.9 Å². The normalized spacial score (nSPS) is 21.5. The van der Waals surface area contributed by atoms with Crippen LogP contribution in [0.1, 0.15) is 99.8 Å². The van der Waals surface area contributed by atoms with E-state index in [4.69, 9.17) is 14.7 Å². The summed E-state index contributed by atoms with van der Waals surface area (Å²) in [4.78, 5) is 68.1. The summed E-state index contributed by atoms with van der Waals surface area (Å²) in [5, 5.41) is 36.7. The molecular weight excluding hydrogens is 988 g/mol. The molecule has 1 aliphatic carbocycles. The SMILES string of the molecule is Cc1ncsc1-c1ccc(CNC(=O)[C@@H]2C[C@@H](O)CN2C(=O)[C@@H](NC(=O)C2(F)CC2)C(C)(C)C)c(OC2CN(CCN3CCC(c4cnc(N5CCc6[nH]c7nnc(-c8ccccc8O)cc7c6C5C)nc4)CC3)C2)c1. The van der Waals surface area contributed by atoms with Crippen molar-refractivity contribution in [2.45, 2.75) is 122 Å². The maximum absolute atomic E-state index is 14.7. The van der Waals surface area contributed by atoms with Gasteiger partial charge in [0.25, 0.3) is 5.91 Å². The average Bonchev–Trinajstić information content (AvgIpc) is 3.65. The molecule has 1 saturated carbocycles. The molecule has 2 aromatic carbocycles. The standard InChI is InChI=1S/C56H67FN12O6S/c1-32-48(76-31-61-32)35-10-11-36(25-58-51(72)44-23-38(70)28-69(44)52(73)49(55(3,4)5)63-53(74)56(57)15-16-56)46(22-35)75-39-29-67(30-39)21-20-66-17-12-34(13-18-66)37-26-59-54(60-27-37)68-19-14-42-47(33(68)2)41-24-43(64-65-50(41)62-42)40-8-6-7-9-45(40)71/h6-11,22,24,26-27,31,33-34,38-39,44,49,70-71H,12-21,23,25,28-30H2,1-5H3,(H,58,72)(H,62,65)(H,63,74)/t33?,38-,44+,49-/m1/s1. The van der Waals surface area contributed by atoms with Gasteiger partial charge in [0.15, 0.2) is 11.3 Å². The van der Waals surface area contributed by atoms with E-state index >= 15 is 0 Å². The fourth-order valence-electron chi connectivity index (χ4n) is 11.4. The van der Waals surface area contributed by atoms with Crippen LogP contribution in [0.4, 0.5) is 10.3 Å². The smallest absolute Gasteiger partial charge is 0.258 e. The number of hydrogen-bond acceptors (Lipinski definition) is 15. The number of benzene rings is 2. The number of phenols is 1. The Bertz CT molecular complexity index is 3130. The van der Waals surface area contributed by atoms with Crippen LogP contribution in [0.2, 0.25) is 0 Å². The van der Waals surface area contributed by atoms with Gasteiger partial charge in [0.2, 0.25) is 17.8 Å². The summed E-state index contributed by atoms with van der Waals surface area (Å²) in [6, 6.07) is 13.1. The lowest BCUT2D eigenvalue weighted by molar-refractivity contribution is -0.145. The number of alkyl halides is 1. The fourth-order valence-corrected chi connectivity index (χ4v) is 12.2. The number of para-hydroxylation sites is 1. The maximum atomic E-state index is 14.7. The molecule has 8 heterocycles. The van der Waals surface area contributed by atoms with Crippen LogP contribution in [0.25, 0.3) is 32.7 Å². The number of piperidine rings is 1. The number of aliphatic hydroxyl groups is 1. The predicted octanol–water partition coefficient (Wildman–Crippen LogP) is 6.23. The van der Waals surface area contributed by atoms with Crippen molar-refractivity contribution >= 4 is 46.0 Å². The number of aryl methyl sites for hydroxylation is 1. The molecule has 18 nitrogen and oxygen atoms in total. The highest BCUT2D eigenvalue weighted by Gasteiger charge is 2.53. The number of nitrogens with one attached hydrogen (secondary N) is 3. The number of aliphatic hydroxyl groups excluding tert-OH is 1.